The summed E-state index contributed by atoms with van der Waals surface area (Å²) >= 11 is 0. The van der Waals surface area contributed by atoms with Crippen molar-refractivity contribution in [3.63, 3.8) is 0 Å². The lowest BCUT2D eigenvalue weighted by Crippen LogP contribution is -2.16. The first-order valence-electron chi connectivity index (χ1n) is 8.28. The second kappa shape index (κ2) is 6.77. The summed E-state index contributed by atoms with van der Waals surface area (Å²) in [5.74, 6) is -0.320. The van der Waals surface area contributed by atoms with Crippen LogP contribution in [-0.4, -0.2) is 26.8 Å². The summed E-state index contributed by atoms with van der Waals surface area (Å²) in [5.41, 5.74) is 5.80. The molecule has 3 aromatic rings. The molecule has 1 N–H and O–H groups in total. The number of nitrogens with zero attached hydrogens (tertiary/aromatic N) is 5. The zero-order valence-corrected chi connectivity index (χ0v) is 14.5. The van der Waals surface area contributed by atoms with Gasteiger partial charge in [-0.15, -0.1) is 0 Å². The van der Waals surface area contributed by atoms with E-state index in [2.05, 4.69) is 25.5 Å². The van der Waals surface area contributed by atoms with Gasteiger partial charge in [0.25, 0.3) is 5.91 Å². The Morgan fingerprint density at radius 1 is 1.19 bits per heavy atom. The average Bonchev–Trinajstić information content (AvgIpc) is 3.11. The maximum Gasteiger partial charge on any atom is 0.274 e. The first-order valence-corrected chi connectivity index (χ1v) is 8.28. The number of nitrogens with one attached hydrogen (secondary N) is 1. The zero-order valence-electron chi connectivity index (χ0n) is 14.5. The minimum absolute atomic E-state index is 0.293. The number of amides is 1. The first-order chi connectivity index (χ1) is 13.2. The molecule has 1 aliphatic heterocycles. The number of benzene rings is 1. The molecule has 1 amide bonds. The highest BCUT2D eigenvalue weighted by atomic mass is 16.1. The van der Waals surface area contributed by atoms with Crippen LogP contribution in [0.2, 0.25) is 0 Å². The number of rotatable bonds is 3. The Morgan fingerprint density at radius 2 is 2.07 bits per heavy atom. The van der Waals surface area contributed by atoms with Crippen LogP contribution in [-0.2, 0) is 6.54 Å². The molecule has 0 fully saturated rings. The van der Waals surface area contributed by atoms with Crippen molar-refractivity contribution in [1.82, 2.24) is 15.2 Å². The molecular formula is C20H14N6O. The van der Waals surface area contributed by atoms with Gasteiger partial charge in [-0.1, -0.05) is 6.07 Å². The largest absolute Gasteiger partial charge is 0.321 e. The van der Waals surface area contributed by atoms with E-state index >= 15 is 0 Å². The van der Waals surface area contributed by atoms with Gasteiger partial charge < -0.3 is 5.32 Å². The highest BCUT2D eigenvalue weighted by molar-refractivity contribution is 6.15. The molecule has 7 nitrogen and oxygen atoms in total. The fraction of sp³-hybridized carbons (Fsp3) is 0.100. The van der Waals surface area contributed by atoms with E-state index in [0.29, 0.717) is 29.1 Å². The van der Waals surface area contributed by atoms with Crippen LogP contribution in [0, 0.1) is 18.3 Å². The number of aryl methyl sites for hydroxylation is 1. The van der Waals surface area contributed by atoms with E-state index in [4.69, 9.17) is 5.26 Å². The highest BCUT2D eigenvalue weighted by Gasteiger charge is 2.19. The van der Waals surface area contributed by atoms with Gasteiger partial charge in [0.2, 0.25) is 0 Å². The molecule has 0 bridgehead atoms. The quantitative estimate of drug-likeness (QED) is 0.779. The molecule has 0 unspecified atom stereocenters. The zero-order chi connectivity index (χ0) is 18.8. The fourth-order valence-corrected chi connectivity index (χ4v) is 3.00. The van der Waals surface area contributed by atoms with Crippen molar-refractivity contribution in [2.24, 2.45) is 4.99 Å². The number of hydrogen-bond acceptors (Lipinski definition) is 6. The van der Waals surface area contributed by atoms with Gasteiger partial charge in [0.1, 0.15) is 11.8 Å². The molecule has 0 spiro atoms. The van der Waals surface area contributed by atoms with Gasteiger partial charge in [0.15, 0.2) is 0 Å². The molecule has 4 rings (SSSR count). The van der Waals surface area contributed by atoms with Crippen LogP contribution in [0.3, 0.4) is 0 Å². The monoisotopic (exact) mass is 354 g/mol. The second-order valence-corrected chi connectivity index (χ2v) is 6.12. The molecule has 1 aromatic carbocycles. The summed E-state index contributed by atoms with van der Waals surface area (Å²) in [6, 6.07) is 11.2. The third-order valence-corrected chi connectivity index (χ3v) is 4.31. The van der Waals surface area contributed by atoms with Crippen LogP contribution in [0.5, 0.6) is 0 Å². The topological polar surface area (TPSA) is 104 Å². The molecule has 2 aromatic heterocycles. The Morgan fingerprint density at radius 3 is 2.81 bits per heavy atom. The van der Waals surface area contributed by atoms with E-state index in [1.807, 2.05) is 30.3 Å². The van der Waals surface area contributed by atoms with Crippen LogP contribution in [0.4, 0.5) is 5.69 Å². The summed E-state index contributed by atoms with van der Waals surface area (Å²) in [7, 11) is 0. The number of carbonyl (C=O) groups excluding carboxylic acids is 1. The lowest BCUT2D eigenvalue weighted by Gasteiger charge is -2.10. The molecule has 0 aliphatic carbocycles. The number of carbonyl (C=O) groups is 1. The summed E-state index contributed by atoms with van der Waals surface area (Å²) < 4.78 is 0. The van der Waals surface area contributed by atoms with Crippen LogP contribution < -0.4 is 5.32 Å². The minimum Gasteiger partial charge on any atom is -0.321 e. The van der Waals surface area contributed by atoms with Crippen LogP contribution in [0.15, 0.2) is 53.9 Å². The van der Waals surface area contributed by atoms with Gasteiger partial charge >= 0.3 is 0 Å². The summed E-state index contributed by atoms with van der Waals surface area (Å²) in [6.45, 7) is 2.35. The molecule has 27 heavy (non-hydrogen) atoms. The number of anilines is 1. The van der Waals surface area contributed by atoms with Crippen molar-refractivity contribution >= 4 is 17.3 Å². The molecule has 0 radical (unpaired) electrons. The van der Waals surface area contributed by atoms with Gasteiger partial charge in [-0.2, -0.15) is 15.5 Å². The van der Waals surface area contributed by atoms with E-state index in [1.165, 1.54) is 6.20 Å². The molecule has 0 saturated heterocycles. The molecule has 0 saturated carbocycles. The Kier molecular flexibility index (Phi) is 4.15. The van der Waals surface area contributed by atoms with Crippen molar-refractivity contribution in [2.45, 2.75) is 13.5 Å². The number of pyridine rings is 1. The lowest BCUT2D eigenvalue weighted by molar-refractivity contribution is 0.102. The number of hydrogen-bond donors (Lipinski definition) is 1. The fourth-order valence-electron chi connectivity index (χ4n) is 3.00. The van der Waals surface area contributed by atoms with Crippen molar-refractivity contribution in [1.29, 1.82) is 5.26 Å². The van der Waals surface area contributed by atoms with E-state index < -0.39 is 0 Å². The molecular weight excluding hydrogens is 340 g/mol. The predicted octanol–water partition coefficient (Wildman–Crippen LogP) is 2.66. The van der Waals surface area contributed by atoms with Crippen molar-refractivity contribution < 1.29 is 4.79 Å². The van der Waals surface area contributed by atoms with E-state index in [-0.39, 0.29) is 5.91 Å². The third kappa shape index (κ3) is 3.16. The summed E-state index contributed by atoms with van der Waals surface area (Å²) in [4.78, 5) is 21.3. The normalized spacial score (nSPS) is 12.1. The number of fused-ring (bicyclic) bond motifs is 1. The Balaban J connectivity index is 1.61. The Hall–Kier alpha value is -3.92. The number of nitriles is 1. The van der Waals surface area contributed by atoms with E-state index in [1.54, 1.807) is 25.4 Å². The van der Waals surface area contributed by atoms with Crippen LogP contribution >= 0.6 is 0 Å². The third-order valence-electron chi connectivity index (χ3n) is 4.31. The van der Waals surface area contributed by atoms with Gasteiger partial charge in [-0.3, -0.25) is 9.79 Å². The average molecular weight is 354 g/mol. The van der Waals surface area contributed by atoms with Crippen LogP contribution in [0.1, 0.15) is 38.3 Å². The maximum atomic E-state index is 12.6. The highest BCUT2D eigenvalue weighted by Crippen LogP contribution is 2.26. The SMILES string of the molecule is Cc1cc(C#N)cnc1C(=O)Nc1ccc2c(c1)C(c1ccnnc1)=NC2. The smallest absolute Gasteiger partial charge is 0.274 e. The van der Waals surface area contributed by atoms with E-state index in [9.17, 15) is 4.79 Å². The molecule has 7 heteroatoms. The van der Waals surface area contributed by atoms with Gasteiger partial charge in [-0.25, -0.2) is 4.98 Å². The standard InChI is InChI=1S/C20H14N6O/c1-12-6-13(8-21)9-22-18(12)20(27)26-16-3-2-14-10-23-19(17(14)7-16)15-4-5-24-25-11-15/h2-7,9,11H,10H2,1H3,(H,26,27). The maximum absolute atomic E-state index is 12.6. The second-order valence-electron chi connectivity index (χ2n) is 6.12. The van der Waals surface area contributed by atoms with Gasteiger partial charge in [0.05, 0.1) is 30.2 Å². The lowest BCUT2D eigenvalue weighted by atomic mass is 10.0. The number of aromatic nitrogens is 3. The first kappa shape index (κ1) is 16.5. The summed E-state index contributed by atoms with van der Waals surface area (Å²) in [6.07, 6.45) is 4.69. The summed E-state index contributed by atoms with van der Waals surface area (Å²) in [5, 5.41) is 19.5. The number of aliphatic imine (C=N–C) groups is 1. The minimum atomic E-state index is -0.320. The molecule has 0 atom stereocenters. The van der Waals surface area contributed by atoms with Gasteiger partial charge in [-0.05, 0) is 42.3 Å². The Labute approximate surface area is 155 Å². The molecule has 3 heterocycles. The molecule has 1 aliphatic rings. The van der Waals surface area contributed by atoms with E-state index in [0.717, 1.165) is 22.4 Å². The Bertz CT molecular complexity index is 1120. The van der Waals surface area contributed by atoms with Crippen molar-refractivity contribution in [3.8, 4) is 6.07 Å². The van der Waals surface area contributed by atoms with Crippen molar-refractivity contribution in [3.05, 3.63) is 82.4 Å². The van der Waals surface area contributed by atoms with Gasteiger partial charge in [0, 0.05) is 23.0 Å². The predicted molar refractivity (Wildman–Crippen MR) is 99.5 cm³/mol. The van der Waals surface area contributed by atoms with Crippen LogP contribution in [0.25, 0.3) is 0 Å². The molecule has 130 valence electrons. The van der Waals surface area contributed by atoms with Crippen molar-refractivity contribution in [2.75, 3.05) is 5.32 Å².